The number of amides is 1. The van der Waals surface area contributed by atoms with Crippen LogP contribution in [-0.2, 0) is 15.8 Å². The molecule has 2 aromatic carbocycles. The number of methoxy groups -OCH3 is 2. The molecule has 1 aliphatic heterocycles. The Bertz CT molecular complexity index is 983. The standard InChI is InChI=1S/C22H28N2O5S/c1-16(20-14-19(28-2)10-11-21(20)29-3)23-22(25)18-8-6-17(7-9-18)15-30(26,27)24-12-4-5-13-24/h6-11,14,16H,4-5,12-13,15H2,1-3H3,(H,23,25). The van der Waals surface area contributed by atoms with Gasteiger partial charge in [0, 0.05) is 24.2 Å². The topological polar surface area (TPSA) is 84.9 Å². The lowest BCUT2D eigenvalue weighted by Gasteiger charge is -2.18. The Morgan fingerprint density at radius 1 is 1.07 bits per heavy atom. The molecule has 1 fully saturated rings. The third kappa shape index (κ3) is 5.12. The minimum absolute atomic E-state index is 0.0493. The van der Waals surface area contributed by atoms with E-state index in [-0.39, 0.29) is 17.7 Å². The first-order valence-corrected chi connectivity index (χ1v) is 11.5. The fourth-order valence-electron chi connectivity index (χ4n) is 3.56. The van der Waals surface area contributed by atoms with Crippen LogP contribution in [0.15, 0.2) is 42.5 Å². The van der Waals surface area contributed by atoms with E-state index in [1.807, 2.05) is 13.0 Å². The molecule has 0 saturated carbocycles. The smallest absolute Gasteiger partial charge is 0.251 e. The van der Waals surface area contributed by atoms with E-state index in [4.69, 9.17) is 9.47 Å². The summed E-state index contributed by atoms with van der Waals surface area (Å²) in [5, 5.41) is 2.95. The summed E-state index contributed by atoms with van der Waals surface area (Å²) < 4.78 is 37.1. The van der Waals surface area contributed by atoms with Gasteiger partial charge in [0.1, 0.15) is 11.5 Å². The Hall–Kier alpha value is -2.58. The van der Waals surface area contributed by atoms with E-state index in [9.17, 15) is 13.2 Å². The average Bonchev–Trinajstić information content (AvgIpc) is 3.29. The van der Waals surface area contributed by atoms with Crippen LogP contribution in [0.5, 0.6) is 11.5 Å². The zero-order chi connectivity index (χ0) is 21.7. The highest BCUT2D eigenvalue weighted by atomic mass is 32.2. The van der Waals surface area contributed by atoms with E-state index in [0.717, 1.165) is 18.4 Å². The number of carbonyl (C=O) groups excluding carboxylic acids is 1. The Balaban J connectivity index is 1.67. The first-order valence-electron chi connectivity index (χ1n) is 9.93. The molecular formula is C22H28N2O5S. The minimum Gasteiger partial charge on any atom is -0.497 e. The SMILES string of the molecule is COc1ccc(OC)c(C(C)NC(=O)c2ccc(CS(=O)(=O)N3CCCC3)cc2)c1. The third-order valence-electron chi connectivity index (χ3n) is 5.27. The fourth-order valence-corrected chi connectivity index (χ4v) is 5.17. The summed E-state index contributed by atoms with van der Waals surface area (Å²) in [5.74, 6) is 1.04. The van der Waals surface area contributed by atoms with Gasteiger partial charge in [-0.15, -0.1) is 0 Å². The van der Waals surface area contributed by atoms with Crippen LogP contribution in [0.3, 0.4) is 0 Å². The number of sulfonamides is 1. The summed E-state index contributed by atoms with van der Waals surface area (Å²) in [5.41, 5.74) is 1.94. The Morgan fingerprint density at radius 2 is 1.73 bits per heavy atom. The molecule has 3 rings (SSSR count). The maximum absolute atomic E-state index is 12.7. The molecular weight excluding hydrogens is 404 g/mol. The van der Waals surface area contributed by atoms with E-state index in [2.05, 4.69) is 5.32 Å². The van der Waals surface area contributed by atoms with Crippen LogP contribution in [0.4, 0.5) is 0 Å². The van der Waals surface area contributed by atoms with Crippen LogP contribution in [0.1, 0.15) is 47.3 Å². The van der Waals surface area contributed by atoms with Gasteiger partial charge < -0.3 is 14.8 Å². The van der Waals surface area contributed by atoms with Crippen LogP contribution in [0, 0.1) is 0 Å². The van der Waals surface area contributed by atoms with E-state index in [1.165, 1.54) is 4.31 Å². The first-order chi connectivity index (χ1) is 14.3. The van der Waals surface area contributed by atoms with Gasteiger partial charge in [0.05, 0.1) is 26.0 Å². The fraction of sp³-hybridized carbons (Fsp3) is 0.409. The Kier molecular flexibility index (Phi) is 6.99. The Morgan fingerprint density at radius 3 is 2.33 bits per heavy atom. The molecule has 7 nitrogen and oxygen atoms in total. The normalized spacial score (nSPS) is 15.6. The quantitative estimate of drug-likeness (QED) is 0.693. The van der Waals surface area contributed by atoms with Crippen molar-refractivity contribution in [2.24, 2.45) is 0 Å². The maximum atomic E-state index is 12.7. The lowest BCUT2D eigenvalue weighted by Crippen LogP contribution is -2.29. The number of carbonyl (C=O) groups is 1. The van der Waals surface area contributed by atoms with Gasteiger partial charge in [0.2, 0.25) is 10.0 Å². The van der Waals surface area contributed by atoms with Gasteiger partial charge in [0.15, 0.2) is 0 Å². The van der Waals surface area contributed by atoms with Gasteiger partial charge in [-0.25, -0.2) is 12.7 Å². The van der Waals surface area contributed by atoms with Gasteiger partial charge in [-0.1, -0.05) is 12.1 Å². The van der Waals surface area contributed by atoms with Gasteiger partial charge in [-0.3, -0.25) is 4.79 Å². The van der Waals surface area contributed by atoms with Crippen LogP contribution < -0.4 is 14.8 Å². The molecule has 8 heteroatoms. The first kappa shape index (κ1) is 22.1. The highest BCUT2D eigenvalue weighted by Crippen LogP contribution is 2.29. The molecule has 1 amide bonds. The highest BCUT2D eigenvalue weighted by Gasteiger charge is 2.25. The second-order valence-electron chi connectivity index (χ2n) is 7.36. The molecule has 1 heterocycles. The van der Waals surface area contributed by atoms with Crippen LogP contribution in [-0.4, -0.2) is 45.9 Å². The second-order valence-corrected chi connectivity index (χ2v) is 9.33. The van der Waals surface area contributed by atoms with Crippen LogP contribution in [0.2, 0.25) is 0 Å². The maximum Gasteiger partial charge on any atom is 0.251 e. The molecule has 30 heavy (non-hydrogen) atoms. The number of hydrogen-bond donors (Lipinski definition) is 1. The van der Waals surface area contributed by atoms with Crippen LogP contribution in [0.25, 0.3) is 0 Å². The predicted molar refractivity (Wildman–Crippen MR) is 115 cm³/mol. The summed E-state index contributed by atoms with van der Waals surface area (Å²) >= 11 is 0. The summed E-state index contributed by atoms with van der Waals surface area (Å²) in [6.45, 7) is 3.05. The van der Waals surface area contributed by atoms with E-state index in [1.54, 1.807) is 50.6 Å². The summed E-state index contributed by atoms with van der Waals surface area (Å²) in [6, 6.07) is 11.8. The molecule has 1 aliphatic rings. The van der Waals surface area contributed by atoms with E-state index < -0.39 is 10.0 Å². The lowest BCUT2D eigenvalue weighted by molar-refractivity contribution is 0.0939. The average molecular weight is 433 g/mol. The summed E-state index contributed by atoms with van der Waals surface area (Å²) in [6.07, 6.45) is 1.82. The van der Waals surface area contributed by atoms with Crippen molar-refractivity contribution in [1.29, 1.82) is 0 Å². The number of nitrogens with one attached hydrogen (secondary N) is 1. The number of rotatable bonds is 8. The zero-order valence-electron chi connectivity index (χ0n) is 17.6. The van der Waals surface area contributed by atoms with E-state index in [0.29, 0.717) is 35.7 Å². The van der Waals surface area contributed by atoms with E-state index >= 15 is 0 Å². The zero-order valence-corrected chi connectivity index (χ0v) is 18.4. The van der Waals surface area contributed by atoms with Gasteiger partial charge in [-0.2, -0.15) is 0 Å². The van der Waals surface area contributed by atoms with Crippen molar-refractivity contribution in [3.05, 3.63) is 59.2 Å². The van der Waals surface area contributed by atoms with Crippen molar-refractivity contribution >= 4 is 15.9 Å². The highest BCUT2D eigenvalue weighted by molar-refractivity contribution is 7.88. The van der Waals surface area contributed by atoms with Crippen molar-refractivity contribution < 1.29 is 22.7 Å². The number of nitrogens with zero attached hydrogens (tertiary/aromatic N) is 1. The molecule has 162 valence electrons. The second kappa shape index (κ2) is 9.49. The van der Waals surface area contributed by atoms with Crippen molar-refractivity contribution in [3.63, 3.8) is 0 Å². The van der Waals surface area contributed by atoms with Crippen molar-refractivity contribution in [2.45, 2.75) is 31.6 Å². The predicted octanol–water partition coefficient (Wildman–Crippen LogP) is 3.12. The number of hydrogen-bond acceptors (Lipinski definition) is 5. The van der Waals surface area contributed by atoms with Gasteiger partial charge in [0.25, 0.3) is 5.91 Å². The molecule has 0 bridgehead atoms. The molecule has 1 N–H and O–H groups in total. The van der Waals surface area contributed by atoms with Crippen LogP contribution >= 0.6 is 0 Å². The Labute approximate surface area is 178 Å². The summed E-state index contributed by atoms with van der Waals surface area (Å²) in [4.78, 5) is 12.7. The molecule has 0 aromatic heterocycles. The monoisotopic (exact) mass is 432 g/mol. The molecule has 2 aromatic rings. The minimum atomic E-state index is -3.31. The number of benzene rings is 2. The third-order valence-corrected chi connectivity index (χ3v) is 7.12. The van der Waals surface area contributed by atoms with Crippen molar-refractivity contribution in [3.8, 4) is 11.5 Å². The molecule has 1 atom stereocenters. The molecule has 0 radical (unpaired) electrons. The van der Waals surface area contributed by atoms with Gasteiger partial charge >= 0.3 is 0 Å². The molecule has 0 aliphatic carbocycles. The largest absolute Gasteiger partial charge is 0.497 e. The van der Waals surface area contributed by atoms with Gasteiger partial charge in [-0.05, 0) is 55.7 Å². The lowest BCUT2D eigenvalue weighted by atomic mass is 10.1. The van der Waals surface area contributed by atoms with Crippen molar-refractivity contribution in [2.75, 3.05) is 27.3 Å². The number of ether oxygens (including phenoxy) is 2. The molecule has 0 spiro atoms. The summed E-state index contributed by atoms with van der Waals surface area (Å²) in [7, 11) is -0.147. The molecule has 1 unspecified atom stereocenters. The molecule has 1 saturated heterocycles. The van der Waals surface area contributed by atoms with Crippen molar-refractivity contribution in [1.82, 2.24) is 9.62 Å².